The van der Waals surface area contributed by atoms with Gasteiger partial charge in [0.1, 0.15) is 5.84 Å². The van der Waals surface area contributed by atoms with Gasteiger partial charge in [-0.3, -0.25) is 0 Å². The third kappa shape index (κ3) is 3.13. The summed E-state index contributed by atoms with van der Waals surface area (Å²) in [5.41, 5.74) is 6.65. The minimum atomic E-state index is 0.265. The standard InChI is InChI=1S/C10H12ClIN2/c1-6(2)10(13)14-9-4-3-7(11)5-8(9)12/h3-6H,1-2H3,(H2,13,14). The Morgan fingerprint density at radius 2 is 2.14 bits per heavy atom. The quantitative estimate of drug-likeness (QED) is 0.504. The average molecular weight is 323 g/mol. The Morgan fingerprint density at radius 3 is 2.64 bits per heavy atom. The van der Waals surface area contributed by atoms with E-state index >= 15 is 0 Å². The molecule has 1 aromatic rings. The number of aliphatic imine (C=N–C) groups is 1. The number of nitrogens with two attached hydrogens (primary N) is 1. The molecule has 2 nitrogen and oxygen atoms in total. The molecule has 2 N–H and O–H groups in total. The van der Waals surface area contributed by atoms with E-state index in [-0.39, 0.29) is 5.92 Å². The number of rotatable bonds is 2. The third-order valence-corrected chi connectivity index (χ3v) is 2.85. The molecule has 0 fully saturated rings. The van der Waals surface area contributed by atoms with E-state index in [0.29, 0.717) is 5.84 Å². The molecule has 0 aliphatic carbocycles. The Kier molecular flexibility index (Phi) is 4.19. The molecular weight excluding hydrogens is 310 g/mol. The lowest BCUT2D eigenvalue weighted by molar-refractivity contribution is 0.873. The van der Waals surface area contributed by atoms with E-state index in [0.717, 1.165) is 14.3 Å². The average Bonchev–Trinajstić information content (AvgIpc) is 2.09. The van der Waals surface area contributed by atoms with Crippen LogP contribution in [-0.4, -0.2) is 5.84 Å². The first-order chi connectivity index (χ1) is 6.50. The maximum atomic E-state index is 5.83. The van der Waals surface area contributed by atoms with Gasteiger partial charge in [0.15, 0.2) is 0 Å². The highest BCUT2D eigenvalue weighted by molar-refractivity contribution is 14.1. The summed E-state index contributed by atoms with van der Waals surface area (Å²) in [5.74, 6) is 0.909. The van der Waals surface area contributed by atoms with Crippen LogP contribution in [0.2, 0.25) is 5.02 Å². The van der Waals surface area contributed by atoms with Gasteiger partial charge >= 0.3 is 0 Å². The molecule has 0 bridgehead atoms. The van der Waals surface area contributed by atoms with Crippen LogP contribution in [0.5, 0.6) is 0 Å². The summed E-state index contributed by atoms with van der Waals surface area (Å²) >= 11 is 8.03. The maximum absolute atomic E-state index is 5.83. The van der Waals surface area contributed by atoms with Crippen LogP contribution in [0.4, 0.5) is 5.69 Å². The molecule has 0 amide bonds. The molecule has 1 aromatic carbocycles. The van der Waals surface area contributed by atoms with Gasteiger partial charge in [-0.1, -0.05) is 25.4 Å². The molecule has 0 spiro atoms. The van der Waals surface area contributed by atoms with Crippen molar-refractivity contribution in [3.05, 3.63) is 26.8 Å². The first kappa shape index (κ1) is 11.8. The van der Waals surface area contributed by atoms with Crippen LogP contribution in [0.1, 0.15) is 13.8 Å². The van der Waals surface area contributed by atoms with Crippen molar-refractivity contribution in [2.24, 2.45) is 16.6 Å². The summed E-state index contributed by atoms with van der Waals surface area (Å²) in [6.45, 7) is 4.03. The molecule has 14 heavy (non-hydrogen) atoms. The fraction of sp³-hybridized carbons (Fsp3) is 0.300. The largest absolute Gasteiger partial charge is 0.387 e. The molecule has 0 saturated heterocycles. The normalized spacial score (nSPS) is 12.2. The smallest absolute Gasteiger partial charge is 0.102 e. The van der Waals surface area contributed by atoms with E-state index in [1.807, 2.05) is 32.0 Å². The second kappa shape index (κ2) is 4.98. The van der Waals surface area contributed by atoms with Crippen molar-refractivity contribution >= 4 is 45.7 Å². The van der Waals surface area contributed by atoms with E-state index in [1.165, 1.54) is 0 Å². The lowest BCUT2D eigenvalue weighted by Gasteiger charge is -2.05. The Bertz CT molecular complexity index is 361. The number of halogens is 2. The zero-order valence-electron chi connectivity index (χ0n) is 8.09. The minimum absolute atomic E-state index is 0.265. The summed E-state index contributed by atoms with van der Waals surface area (Å²) in [5, 5.41) is 0.719. The number of amidine groups is 1. The fourth-order valence-electron chi connectivity index (χ4n) is 0.840. The highest BCUT2D eigenvalue weighted by Gasteiger charge is 2.02. The first-order valence-electron chi connectivity index (χ1n) is 4.30. The van der Waals surface area contributed by atoms with Crippen molar-refractivity contribution in [3.8, 4) is 0 Å². The minimum Gasteiger partial charge on any atom is -0.387 e. The molecule has 4 heteroatoms. The molecule has 0 aliphatic heterocycles. The Balaban J connectivity index is 3.03. The van der Waals surface area contributed by atoms with E-state index in [9.17, 15) is 0 Å². The zero-order chi connectivity index (χ0) is 10.7. The maximum Gasteiger partial charge on any atom is 0.102 e. The summed E-state index contributed by atoms with van der Waals surface area (Å²) in [7, 11) is 0. The Hall–Kier alpha value is -0.290. The van der Waals surface area contributed by atoms with Crippen LogP contribution in [0.3, 0.4) is 0 Å². The van der Waals surface area contributed by atoms with Crippen molar-refractivity contribution in [2.45, 2.75) is 13.8 Å². The van der Waals surface area contributed by atoms with Crippen molar-refractivity contribution in [3.63, 3.8) is 0 Å². The highest BCUT2D eigenvalue weighted by Crippen LogP contribution is 2.25. The lowest BCUT2D eigenvalue weighted by atomic mass is 10.2. The van der Waals surface area contributed by atoms with Gasteiger partial charge < -0.3 is 5.73 Å². The molecule has 0 heterocycles. The molecule has 1 rings (SSSR count). The van der Waals surface area contributed by atoms with Gasteiger partial charge in [-0.15, -0.1) is 0 Å². The van der Waals surface area contributed by atoms with Gasteiger partial charge in [0.05, 0.1) is 5.69 Å². The molecule has 76 valence electrons. The first-order valence-corrected chi connectivity index (χ1v) is 5.75. The van der Waals surface area contributed by atoms with Gasteiger partial charge in [-0.05, 0) is 40.8 Å². The van der Waals surface area contributed by atoms with Gasteiger partial charge in [-0.25, -0.2) is 4.99 Å². The second-order valence-corrected chi connectivity index (χ2v) is 4.89. The summed E-state index contributed by atoms with van der Waals surface area (Å²) in [6.07, 6.45) is 0. The molecule has 0 unspecified atom stereocenters. The number of hydrogen-bond donors (Lipinski definition) is 1. The number of benzene rings is 1. The SMILES string of the molecule is CC(C)C(N)=Nc1ccc(Cl)cc1I. The van der Waals surface area contributed by atoms with E-state index < -0.39 is 0 Å². The summed E-state index contributed by atoms with van der Waals surface area (Å²) in [6, 6.07) is 5.56. The fourth-order valence-corrected chi connectivity index (χ4v) is 1.83. The van der Waals surface area contributed by atoms with Crippen molar-refractivity contribution in [1.29, 1.82) is 0 Å². The third-order valence-electron chi connectivity index (χ3n) is 1.75. The van der Waals surface area contributed by atoms with Crippen LogP contribution in [0.25, 0.3) is 0 Å². The van der Waals surface area contributed by atoms with Crippen LogP contribution >= 0.6 is 34.2 Å². The van der Waals surface area contributed by atoms with Gasteiger partial charge in [0, 0.05) is 14.5 Å². The van der Waals surface area contributed by atoms with Crippen LogP contribution < -0.4 is 5.73 Å². The van der Waals surface area contributed by atoms with Crippen molar-refractivity contribution in [2.75, 3.05) is 0 Å². The molecule has 0 aromatic heterocycles. The molecule has 0 atom stereocenters. The predicted molar refractivity (Wildman–Crippen MR) is 70.3 cm³/mol. The Labute approximate surface area is 103 Å². The topological polar surface area (TPSA) is 38.4 Å². The van der Waals surface area contributed by atoms with Crippen LogP contribution in [-0.2, 0) is 0 Å². The number of nitrogens with zero attached hydrogens (tertiary/aromatic N) is 1. The van der Waals surface area contributed by atoms with Gasteiger partial charge in [0.25, 0.3) is 0 Å². The molecular formula is C10H12ClIN2. The predicted octanol–water partition coefficient (Wildman–Crippen LogP) is 3.59. The lowest BCUT2D eigenvalue weighted by Crippen LogP contribution is -2.18. The molecule has 0 radical (unpaired) electrons. The molecule has 0 saturated carbocycles. The zero-order valence-corrected chi connectivity index (χ0v) is 11.0. The summed E-state index contributed by atoms with van der Waals surface area (Å²) < 4.78 is 1.01. The van der Waals surface area contributed by atoms with Gasteiger partial charge in [-0.2, -0.15) is 0 Å². The van der Waals surface area contributed by atoms with Gasteiger partial charge in [0.2, 0.25) is 0 Å². The van der Waals surface area contributed by atoms with Crippen molar-refractivity contribution < 1.29 is 0 Å². The monoisotopic (exact) mass is 322 g/mol. The number of hydrogen-bond acceptors (Lipinski definition) is 1. The second-order valence-electron chi connectivity index (χ2n) is 3.29. The Morgan fingerprint density at radius 1 is 1.50 bits per heavy atom. The van der Waals surface area contributed by atoms with E-state index in [4.69, 9.17) is 17.3 Å². The highest BCUT2D eigenvalue weighted by atomic mass is 127. The van der Waals surface area contributed by atoms with E-state index in [2.05, 4.69) is 27.6 Å². The van der Waals surface area contributed by atoms with Crippen molar-refractivity contribution in [1.82, 2.24) is 0 Å². The van der Waals surface area contributed by atoms with Crippen LogP contribution in [0, 0.1) is 9.49 Å². The van der Waals surface area contributed by atoms with E-state index in [1.54, 1.807) is 0 Å². The molecule has 0 aliphatic rings. The summed E-state index contributed by atoms with van der Waals surface area (Å²) in [4.78, 5) is 4.33. The van der Waals surface area contributed by atoms with Crippen LogP contribution in [0.15, 0.2) is 23.2 Å².